The lowest BCUT2D eigenvalue weighted by Crippen LogP contribution is -2.30. The first-order chi connectivity index (χ1) is 14.9. The topological polar surface area (TPSA) is 56.8 Å². The highest BCUT2D eigenvalue weighted by Gasteiger charge is 2.23. The second-order valence-corrected chi connectivity index (χ2v) is 8.12. The minimum Gasteiger partial charge on any atom is -0.486 e. The van der Waals surface area contributed by atoms with E-state index in [4.69, 9.17) is 14.2 Å². The molecule has 0 spiro atoms. The van der Waals surface area contributed by atoms with Crippen molar-refractivity contribution in [2.45, 2.75) is 32.3 Å². The van der Waals surface area contributed by atoms with E-state index in [2.05, 4.69) is 43.4 Å². The van der Waals surface area contributed by atoms with Gasteiger partial charge in [0, 0.05) is 17.2 Å². The Morgan fingerprint density at radius 2 is 1.55 bits per heavy atom. The molecule has 1 amide bonds. The van der Waals surface area contributed by atoms with Gasteiger partial charge in [-0.05, 0) is 42.3 Å². The molecule has 0 fully saturated rings. The largest absolute Gasteiger partial charge is 0.486 e. The van der Waals surface area contributed by atoms with Crippen molar-refractivity contribution in [1.82, 2.24) is 0 Å². The summed E-state index contributed by atoms with van der Waals surface area (Å²) in [6.45, 7) is 7.16. The van der Waals surface area contributed by atoms with E-state index >= 15 is 0 Å². The lowest BCUT2D eigenvalue weighted by molar-refractivity contribution is -0.122. The third-order valence-electron chi connectivity index (χ3n) is 5.56. The summed E-state index contributed by atoms with van der Waals surface area (Å²) in [4.78, 5) is 12.6. The molecular weight excluding hydrogens is 390 g/mol. The maximum absolute atomic E-state index is 12.6. The molecule has 160 valence electrons. The number of carbonyl (C=O) groups excluding carboxylic acids is 1. The second kappa shape index (κ2) is 8.72. The van der Waals surface area contributed by atoms with Gasteiger partial charge in [0.1, 0.15) is 19.0 Å². The minimum absolute atomic E-state index is 0.124. The zero-order valence-electron chi connectivity index (χ0n) is 18.1. The van der Waals surface area contributed by atoms with Crippen LogP contribution in [0.25, 0.3) is 0 Å². The summed E-state index contributed by atoms with van der Waals surface area (Å²) in [7, 11) is 0. The molecule has 0 aromatic heterocycles. The molecule has 4 rings (SSSR count). The number of carbonyl (C=O) groups is 1. The number of nitrogens with one attached hydrogen (secondary N) is 1. The van der Waals surface area contributed by atoms with Gasteiger partial charge in [0.05, 0.1) is 0 Å². The Morgan fingerprint density at radius 1 is 0.903 bits per heavy atom. The van der Waals surface area contributed by atoms with Gasteiger partial charge in [0.2, 0.25) is 0 Å². The summed E-state index contributed by atoms with van der Waals surface area (Å²) >= 11 is 0. The Kier molecular flexibility index (Phi) is 5.85. The summed E-state index contributed by atoms with van der Waals surface area (Å²) in [5.41, 5.74) is 2.95. The molecule has 0 saturated heterocycles. The fraction of sp³-hybridized carbons (Fsp3) is 0.269. The monoisotopic (exact) mass is 417 g/mol. The molecule has 0 bridgehead atoms. The summed E-state index contributed by atoms with van der Waals surface area (Å²) in [5.74, 6) is 1.74. The molecule has 0 radical (unpaired) electrons. The number of amides is 1. The van der Waals surface area contributed by atoms with Crippen LogP contribution >= 0.6 is 0 Å². The summed E-state index contributed by atoms with van der Waals surface area (Å²) in [6.07, 6.45) is -0.652. The first kappa shape index (κ1) is 20.8. The van der Waals surface area contributed by atoms with Gasteiger partial charge in [0.15, 0.2) is 17.6 Å². The van der Waals surface area contributed by atoms with Crippen LogP contribution in [-0.2, 0) is 10.2 Å². The quantitative estimate of drug-likeness (QED) is 0.600. The number of fused-ring (bicyclic) bond motifs is 1. The van der Waals surface area contributed by atoms with Crippen LogP contribution in [-0.4, -0.2) is 25.2 Å². The first-order valence-corrected chi connectivity index (χ1v) is 10.5. The highest BCUT2D eigenvalue weighted by molar-refractivity contribution is 5.94. The van der Waals surface area contributed by atoms with Crippen LogP contribution < -0.4 is 19.5 Å². The first-order valence-electron chi connectivity index (χ1n) is 10.5. The van der Waals surface area contributed by atoms with Crippen LogP contribution in [0.4, 0.5) is 5.69 Å². The van der Waals surface area contributed by atoms with Crippen LogP contribution in [0.2, 0.25) is 0 Å². The van der Waals surface area contributed by atoms with Gasteiger partial charge in [0.25, 0.3) is 5.91 Å². The van der Waals surface area contributed by atoms with Crippen LogP contribution in [0.15, 0.2) is 72.8 Å². The number of hydrogen-bond acceptors (Lipinski definition) is 4. The summed E-state index contributed by atoms with van der Waals surface area (Å²) < 4.78 is 16.9. The lowest BCUT2D eigenvalue weighted by atomic mass is 9.78. The van der Waals surface area contributed by atoms with Crippen LogP contribution in [0.1, 0.15) is 31.9 Å². The molecule has 1 atom stereocenters. The van der Waals surface area contributed by atoms with Crippen molar-refractivity contribution in [2.75, 3.05) is 18.5 Å². The maximum Gasteiger partial charge on any atom is 0.265 e. The van der Waals surface area contributed by atoms with E-state index in [9.17, 15) is 4.79 Å². The van der Waals surface area contributed by atoms with E-state index in [1.165, 1.54) is 11.1 Å². The number of benzene rings is 3. The second-order valence-electron chi connectivity index (χ2n) is 8.12. The minimum atomic E-state index is -0.652. The Morgan fingerprint density at radius 3 is 2.26 bits per heavy atom. The summed E-state index contributed by atoms with van der Waals surface area (Å²) in [5, 5.41) is 2.87. The van der Waals surface area contributed by atoms with Gasteiger partial charge < -0.3 is 19.5 Å². The van der Waals surface area contributed by atoms with Gasteiger partial charge in [-0.15, -0.1) is 0 Å². The standard InChI is InChI=1S/C26H27NO4/c1-18(25(28)27-21-11-14-23-24(17-21)30-16-15-29-23)31-22-12-9-20(10-13-22)26(2,3)19-7-5-4-6-8-19/h4-14,17-18H,15-16H2,1-3H3,(H,27,28). The zero-order chi connectivity index (χ0) is 21.8. The third kappa shape index (κ3) is 4.66. The molecule has 0 saturated carbocycles. The molecule has 3 aromatic rings. The number of hydrogen-bond donors (Lipinski definition) is 1. The molecule has 31 heavy (non-hydrogen) atoms. The van der Waals surface area contributed by atoms with Crippen LogP contribution in [0.5, 0.6) is 17.2 Å². The van der Waals surface area contributed by atoms with Crippen molar-refractivity contribution in [3.05, 3.63) is 83.9 Å². The molecule has 0 aliphatic carbocycles. The van der Waals surface area contributed by atoms with Crippen molar-refractivity contribution in [3.8, 4) is 17.2 Å². The van der Waals surface area contributed by atoms with Gasteiger partial charge in [-0.2, -0.15) is 0 Å². The van der Waals surface area contributed by atoms with E-state index in [0.29, 0.717) is 36.1 Å². The predicted molar refractivity (Wildman–Crippen MR) is 121 cm³/mol. The Labute approximate surface area is 183 Å². The normalized spacial score (nSPS) is 13.9. The zero-order valence-corrected chi connectivity index (χ0v) is 18.1. The molecule has 1 N–H and O–H groups in total. The molecule has 1 aliphatic heterocycles. The van der Waals surface area contributed by atoms with Crippen LogP contribution in [0.3, 0.4) is 0 Å². The predicted octanol–water partition coefficient (Wildman–Crippen LogP) is 5.19. The average molecular weight is 418 g/mol. The van der Waals surface area contributed by atoms with Gasteiger partial charge >= 0.3 is 0 Å². The highest BCUT2D eigenvalue weighted by atomic mass is 16.6. The molecule has 1 aliphatic rings. The average Bonchev–Trinajstić information content (AvgIpc) is 2.80. The van der Waals surface area contributed by atoms with E-state index in [1.807, 2.05) is 30.3 Å². The van der Waals surface area contributed by atoms with Gasteiger partial charge in [-0.25, -0.2) is 0 Å². The van der Waals surface area contributed by atoms with E-state index < -0.39 is 6.10 Å². The number of anilines is 1. The smallest absolute Gasteiger partial charge is 0.265 e. The van der Waals surface area contributed by atoms with Gasteiger partial charge in [-0.3, -0.25) is 4.79 Å². The Bertz CT molecular complexity index is 1040. The summed E-state index contributed by atoms with van der Waals surface area (Å²) in [6, 6.07) is 23.7. The molecule has 1 unspecified atom stereocenters. The molecular formula is C26H27NO4. The Hall–Kier alpha value is -3.47. The Balaban J connectivity index is 1.39. The van der Waals surface area contributed by atoms with Crippen molar-refractivity contribution >= 4 is 11.6 Å². The lowest BCUT2D eigenvalue weighted by Gasteiger charge is -2.26. The maximum atomic E-state index is 12.6. The van der Waals surface area contributed by atoms with E-state index in [1.54, 1.807) is 25.1 Å². The fourth-order valence-electron chi connectivity index (χ4n) is 3.59. The molecule has 5 nitrogen and oxygen atoms in total. The molecule has 1 heterocycles. The number of ether oxygens (including phenoxy) is 3. The van der Waals surface area contributed by atoms with Crippen molar-refractivity contribution < 1.29 is 19.0 Å². The third-order valence-corrected chi connectivity index (χ3v) is 5.56. The van der Waals surface area contributed by atoms with Gasteiger partial charge in [-0.1, -0.05) is 56.3 Å². The fourth-order valence-corrected chi connectivity index (χ4v) is 3.59. The number of rotatable bonds is 6. The van der Waals surface area contributed by atoms with Crippen LogP contribution in [0, 0.1) is 0 Å². The molecule has 3 aromatic carbocycles. The SMILES string of the molecule is CC(Oc1ccc(C(C)(C)c2ccccc2)cc1)C(=O)Nc1ccc2c(c1)OCCO2. The highest BCUT2D eigenvalue weighted by Crippen LogP contribution is 2.33. The van der Waals surface area contributed by atoms with Crippen molar-refractivity contribution in [3.63, 3.8) is 0 Å². The molecule has 5 heteroatoms. The van der Waals surface area contributed by atoms with E-state index in [0.717, 1.165) is 0 Å². The van der Waals surface area contributed by atoms with E-state index in [-0.39, 0.29) is 11.3 Å². The van der Waals surface area contributed by atoms with Crippen molar-refractivity contribution in [1.29, 1.82) is 0 Å². The van der Waals surface area contributed by atoms with Crippen molar-refractivity contribution in [2.24, 2.45) is 0 Å².